The van der Waals surface area contributed by atoms with Gasteiger partial charge in [0.1, 0.15) is 111 Å². The number of carboxylic acid groups (broad SMARTS) is 1. The highest BCUT2D eigenvalue weighted by atomic mass is 35.5. The van der Waals surface area contributed by atoms with Crippen LogP contribution in [0, 0.1) is 26.2 Å². The van der Waals surface area contributed by atoms with E-state index in [1.807, 2.05) is 6.92 Å². The third kappa shape index (κ3) is 21.5. The van der Waals surface area contributed by atoms with Crippen LogP contribution in [0.1, 0.15) is 123 Å². The van der Waals surface area contributed by atoms with Gasteiger partial charge in [0.05, 0.1) is 59.3 Å². The van der Waals surface area contributed by atoms with Gasteiger partial charge in [-0.25, -0.2) is 34.9 Å². The van der Waals surface area contributed by atoms with Crippen molar-refractivity contribution in [3.63, 3.8) is 0 Å². The van der Waals surface area contributed by atoms with Gasteiger partial charge in [-0.15, -0.1) is 0 Å². The lowest BCUT2D eigenvalue weighted by atomic mass is 9.84. The molecule has 1 aliphatic rings. The second-order valence-corrected chi connectivity index (χ2v) is 33.6. The van der Waals surface area contributed by atoms with Crippen molar-refractivity contribution in [3.05, 3.63) is 270 Å². The lowest BCUT2D eigenvalue weighted by Crippen LogP contribution is -2.56. The minimum Gasteiger partial charge on any atom is -0.480 e. The number of amides is 5. The summed E-state index contributed by atoms with van der Waals surface area (Å²) in [6, 6.07) is 33.6. The van der Waals surface area contributed by atoms with Crippen LogP contribution in [0.3, 0.4) is 0 Å². The van der Waals surface area contributed by atoms with Gasteiger partial charge in [0.25, 0.3) is 45.9 Å². The number of esters is 2. The Balaban J connectivity index is 0.000000147. The fraction of sp³-hybridized carbons (Fsp3) is 0.247. The first-order valence-electron chi connectivity index (χ1n) is 40.0. The number of carbonyl (C=O) groups is 8. The molecule has 0 bridgehead atoms. The maximum atomic E-state index is 13.5. The standard InChI is InChI=1S/C25H25ClN6O3.C22H20ClN5O4.C22H24ClN5O4.C20H16ClN5O4/c1-14-29-19-10-27-22-17(21(19)30-14)8-18(23(34)28-9-15-4-6-16(26)7-5-15)24(35)32(22)11-20(33)31-12-25(2,3)13-31;1-3-32-18(29)11-28-20-15(19-17(10-24-20)26-12(2)27-19)8-16(22(28)31)21(30)25-9-13-4-6-14(23)7-5-13;1-22(2,3)32-17(29)11-28-19-14(18(25)16(24)10-26-19)8-15(21(28)31)20(30)27-9-12-4-6-13(23)7-5-12;1-10-24-15-8-22-18-13(17(15)25-10)6-14(20(30)26(18)9-16(27)28)19(29)23-7-11-2-4-12(21)5-3-11/h4-8,10H,9,11-13H2,1-3H3,(H,28,34)(H,29,30);4-8,10H,3,9,11H2,1-2H3,(H,25,30)(H,26,27);4-8,10H,9,11,24H2,1-3H3,(H2,25,26)(H,27,30);2-6,8H,7,9H2,1H3,(H,23,29)(H,24,25)(H,27,28). The Hall–Kier alpha value is -14.8. The molecule has 0 atom stereocenters. The van der Waals surface area contributed by atoms with Gasteiger partial charge in [-0.1, -0.05) is 109 Å². The summed E-state index contributed by atoms with van der Waals surface area (Å²) in [4.78, 5) is 195. The Labute approximate surface area is 751 Å². The molecule has 36 nitrogen and oxygen atoms in total. The largest absolute Gasteiger partial charge is 0.480 e. The summed E-state index contributed by atoms with van der Waals surface area (Å²) >= 11 is 23.6. The molecule has 12 N–H and O–H groups in total. The van der Waals surface area contributed by atoms with Crippen molar-refractivity contribution in [2.75, 3.05) is 31.2 Å². The van der Waals surface area contributed by atoms with Crippen LogP contribution in [-0.2, 0) is 81.0 Å². The summed E-state index contributed by atoms with van der Waals surface area (Å²) in [5.41, 5.74) is 16.0. The van der Waals surface area contributed by atoms with Crippen molar-refractivity contribution in [2.45, 2.75) is 120 Å². The summed E-state index contributed by atoms with van der Waals surface area (Å²) in [5, 5.41) is 24.2. The number of carbonyl (C=O) groups excluding carboxylic acids is 7. The maximum Gasteiger partial charge on any atom is 0.326 e. The Morgan fingerprint density at radius 2 is 0.744 bits per heavy atom. The number of H-pyrrole nitrogens is 3. The van der Waals surface area contributed by atoms with Gasteiger partial charge in [0.15, 0.2) is 0 Å². The van der Waals surface area contributed by atoms with Gasteiger partial charge in [-0.05, 0) is 149 Å². The van der Waals surface area contributed by atoms with Gasteiger partial charge < -0.3 is 67.2 Å². The van der Waals surface area contributed by atoms with E-state index in [0.717, 1.165) is 36.0 Å². The quantitative estimate of drug-likeness (QED) is 0.0299. The second kappa shape index (κ2) is 38.6. The van der Waals surface area contributed by atoms with Crippen molar-refractivity contribution in [1.82, 2.24) is 94.3 Å². The minimum absolute atomic E-state index is 0.0586. The van der Waals surface area contributed by atoms with Crippen LogP contribution in [0.25, 0.3) is 77.2 Å². The zero-order chi connectivity index (χ0) is 92.8. The highest BCUT2D eigenvalue weighted by Gasteiger charge is 2.38. The van der Waals surface area contributed by atoms with Gasteiger partial charge in [0.2, 0.25) is 5.91 Å². The molecule has 11 aromatic heterocycles. The van der Waals surface area contributed by atoms with Crippen LogP contribution in [-0.4, -0.2) is 151 Å². The molecule has 664 valence electrons. The van der Waals surface area contributed by atoms with Crippen LogP contribution >= 0.6 is 46.4 Å². The molecule has 0 radical (unpaired) electrons. The number of pyridine rings is 8. The number of rotatable bonds is 21. The van der Waals surface area contributed by atoms with Gasteiger partial charge in [-0.2, -0.15) is 0 Å². The zero-order valence-electron chi connectivity index (χ0n) is 70.8. The number of nitrogens with one attached hydrogen (secondary N) is 7. The van der Waals surface area contributed by atoms with E-state index in [4.69, 9.17) is 67.3 Å². The van der Waals surface area contributed by atoms with Gasteiger partial charge in [-0.3, -0.25) is 75.8 Å². The van der Waals surface area contributed by atoms with E-state index in [2.05, 4.69) is 85.0 Å². The number of benzene rings is 4. The number of nitrogens with two attached hydrogens (primary N) is 2. The third-order valence-electron chi connectivity index (χ3n) is 20.2. The number of aliphatic carboxylic acids is 1. The Morgan fingerprint density at radius 1 is 0.450 bits per heavy atom. The highest BCUT2D eigenvalue weighted by molar-refractivity contribution is 6.31. The van der Waals surface area contributed by atoms with Gasteiger partial charge in [0, 0.05) is 80.9 Å². The number of nitrogens with zero attached hydrogens (tertiary/aromatic N) is 12. The fourth-order valence-electron chi connectivity index (χ4n) is 14.2. The number of fused-ring (bicyclic) bond motifs is 10. The SMILES string of the molecule is CC(C)(C)OC(=O)Cn1c(=O)c(C(=O)NCc2ccc(Cl)cc2)cc2c(N)c(N)cnc21.CCOC(=O)Cn1c(=O)c(C(=O)NCc2ccc(Cl)cc2)cc2c3nc(C)[nH]c3cnc21.Cc1nc2c(cnc3c2cc(C(=O)NCc2ccc(Cl)cc2)c(=O)n3CC(=O)N2CC(C)(C)C2)[nH]1.Cc1nc2c(cnc3c2cc(C(=O)NCc2ccc(Cl)cc2)c(=O)n3CC(=O)O)[nH]1. The van der Waals surface area contributed by atoms with E-state index in [1.54, 1.807) is 156 Å². The molecule has 15 aromatic rings. The predicted octanol–water partition coefficient (Wildman–Crippen LogP) is 10.5. The normalized spacial score (nSPS) is 12.2. The lowest BCUT2D eigenvalue weighted by molar-refractivity contribution is -0.155. The van der Waals surface area contributed by atoms with Crippen molar-refractivity contribution < 1.29 is 52.9 Å². The molecule has 0 saturated carbocycles. The van der Waals surface area contributed by atoms with Gasteiger partial charge >= 0.3 is 17.9 Å². The van der Waals surface area contributed by atoms with E-state index in [9.17, 15) is 62.6 Å². The Morgan fingerprint density at radius 3 is 1.05 bits per heavy atom. The smallest absolute Gasteiger partial charge is 0.326 e. The third-order valence-corrected chi connectivity index (χ3v) is 21.2. The lowest BCUT2D eigenvalue weighted by Gasteiger charge is -2.45. The Bertz CT molecular complexity index is 7240. The minimum atomic E-state index is -1.22. The molecule has 5 amide bonds. The number of nitrogen functional groups attached to an aromatic ring is 2. The van der Waals surface area contributed by atoms with E-state index in [1.165, 1.54) is 41.2 Å². The van der Waals surface area contributed by atoms with Crippen LogP contribution < -0.4 is 55.0 Å². The van der Waals surface area contributed by atoms with Crippen molar-refractivity contribution in [2.24, 2.45) is 5.41 Å². The van der Waals surface area contributed by atoms with E-state index in [0.29, 0.717) is 106 Å². The number of aromatic amines is 3. The molecule has 12 heterocycles. The van der Waals surface area contributed by atoms with Crippen LogP contribution in [0.4, 0.5) is 11.4 Å². The molecule has 16 rings (SSSR count). The molecular formula is C89H85Cl4N21O15. The highest BCUT2D eigenvalue weighted by Crippen LogP contribution is 2.31. The molecule has 0 spiro atoms. The van der Waals surface area contributed by atoms with Crippen molar-refractivity contribution in [1.29, 1.82) is 0 Å². The zero-order valence-corrected chi connectivity index (χ0v) is 73.9. The molecule has 1 fully saturated rings. The summed E-state index contributed by atoms with van der Waals surface area (Å²) in [5.74, 6) is -3.08. The molecule has 40 heteroatoms. The molecule has 1 aliphatic heterocycles. The van der Waals surface area contributed by atoms with Crippen LogP contribution in [0.5, 0.6) is 0 Å². The monoisotopic (exact) mass is 1830 g/mol. The molecule has 1 saturated heterocycles. The number of hydrogen-bond donors (Lipinski definition) is 10. The number of aryl methyl sites for hydroxylation is 3. The summed E-state index contributed by atoms with van der Waals surface area (Å²) in [7, 11) is 0. The van der Waals surface area contributed by atoms with E-state index >= 15 is 0 Å². The number of imidazole rings is 3. The first kappa shape index (κ1) is 91.9. The Kier molecular flexibility index (Phi) is 27.5. The number of carboxylic acids is 1. The number of aromatic nitrogens is 14. The number of halogens is 4. The van der Waals surface area contributed by atoms with Crippen LogP contribution in [0.2, 0.25) is 20.1 Å². The number of anilines is 2. The van der Waals surface area contributed by atoms with Crippen molar-refractivity contribution in [3.8, 4) is 0 Å². The topological polar surface area (TPSA) is 504 Å². The number of hydrogen-bond acceptors (Lipinski definition) is 23. The first-order valence-corrected chi connectivity index (χ1v) is 41.5. The van der Waals surface area contributed by atoms with E-state index < -0.39 is 82.5 Å². The predicted molar refractivity (Wildman–Crippen MR) is 487 cm³/mol. The molecule has 0 aliphatic carbocycles. The molecular weight excluding hydrogens is 1740 g/mol. The van der Waals surface area contributed by atoms with Crippen molar-refractivity contribution >= 4 is 182 Å². The second-order valence-electron chi connectivity index (χ2n) is 31.8. The molecule has 4 aromatic carbocycles. The molecule has 129 heavy (non-hydrogen) atoms. The average Bonchev–Trinajstić information content (AvgIpc) is 1.77. The van der Waals surface area contributed by atoms with Crippen LogP contribution in [0.15, 0.2) is 165 Å². The first-order chi connectivity index (χ1) is 61.3. The maximum absolute atomic E-state index is 13.5. The van der Waals surface area contributed by atoms with E-state index in [-0.39, 0.29) is 113 Å². The number of ether oxygens (including phenoxy) is 2. The fourth-order valence-corrected chi connectivity index (χ4v) is 14.7. The summed E-state index contributed by atoms with van der Waals surface area (Å²) in [6.45, 7) is 16.9. The number of likely N-dealkylation sites (tertiary alicyclic amines) is 1. The summed E-state index contributed by atoms with van der Waals surface area (Å²) < 4.78 is 14.8. The molecule has 0 unspecified atom stereocenters. The summed E-state index contributed by atoms with van der Waals surface area (Å²) in [6.07, 6.45) is 5.91. The average molecular weight is 1830 g/mol.